The predicted molar refractivity (Wildman–Crippen MR) is 88.6 cm³/mol. The third-order valence-corrected chi connectivity index (χ3v) is 4.61. The Morgan fingerprint density at radius 1 is 1.27 bits per heavy atom. The van der Waals surface area contributed by atoms with Crippen molar-refractivity contribution in [1.29, 1.82) is 0 Å². The van der Waals surface area contributed by atoms with Gasteiger partial charge in [-0.1, -0.05) is 13.8 Å². The number of likely N-dealkylation sites (tertiary alicyclic amines) is 1. The third-order valence-electron chi connectivity index (χ3n) is 4.61. The highest BCUT2D eigenvalue weighted by Gasteiger charge is 2.34. The highest BCUT2D eigenvalue weighted by Crippen LogP contribution is 2.29. The second-order valence-corrected chi connectivity index (χ2v) is 7.25. The van der Waals surface area contributed by atoms with E-state index in [2.05, 4.69) is 18.9 Å². The normalized spacial score (nSPS) is 21.2. The van der Waals surface area contributed by atoms with E-state index in [-0.39, 0.29) is 18.2 Å². The minimum absolute atomic E-state index is 0.0436. The summed E-state index contributed by atoms with van der Waals surface area (Å²) in [5.74, 6) is 1.30. The van der Waals surface area contributed by atoms with Crippen LogP contribution in [0.15, 0.2) is 22.6 Å². The fourth-order valence-electron chi connectivity index (χ4n) is 3.52. The van der Waals surface area contributed by atoms with Crippen molar-refractivity contribution < 1.29 is 22.4 Å². The summed E-state index contributed by atoms with van der Waals surface area (Å²) in [5, 5.41) is 3.58. The molecule has 2 atom stereocenters. The first kappa shape index (κ1) is 18.5. The van der Waals surface area contributed by atoms with Gasteiger partial charge in [0.15, 0.2) is 11.5 Å². The molecule has 1 saturated heterocycles. The Hall–Kier alpha value is -2.25. The number of furan rings is 1. The van der Waals surface area contributed by atoms with E-state index in [4.69, 9.17) is 4.42 Å². The molecule has 1 amide bonds. The van der Waals surface area contributed by atoms with E-state index in [1.807, 2.05) is 0 Å². The molecule has 0 saturated carbocycles. The van der Waals surface area contributed by atoms with Crippen molar-refractivity contribution in [2.45, 2.75) is 39.9 Å². The molecule has 0 spiro atoms. The Kier molecular flexibility index (Phi) is 4.86. The molecule has 0 N–H and O–H groups in total. The van der Waals surface area contributed by atoms with Gasteiger partial charge in [0, 0.05) is 18.8 Å². The largest absolute Gasteiger partial charge is 0.454 e. The molecule has 1 aliphatic heterocycles. The van der Waals surface area contributed by atoms with Crippen molar-refractivity contribution in [2.24, 2.45) is 11.8 Å². The van der Waals surface area contributed by atoms with Gasteiger partial charge >= 0.3 is 6.18 Å². The summed E-state index contributed by atoms with van der Waals surface area (Å²) in [5.41, 5.74) is -0.561. The van der Waals surface area contributed by atoms with Crippen LogP contribution in [-0.2, 0) is 12.7 Å². The lowest BCUT2D eigenvalue weighted by atomic mass is 9.92. The van der Waals surface area contributed by atoms with Gasteiger partial charge in [-0.3, -0.25) is 9.48 Å². The number of aryl methyl sites for hydroxylation is 1. The number of carbonyl (C=O) groups excluding carboxylic acids is 1. The fourth-order valence-corrected chi connectivity index (χ4v) is 3.52. The average Bonchev–Trinajstić information content (AvgIpc) is 3.13. The Bertz CT molecular complexity index is 784. The monoisotopic (exact) mass is 369 g/mol. The zero-order valence-electron chi connectivity index (χ0n) is 15.0. The molecule has 0 bridgehead atoms. The number of piperidine rings is 1. The van der Waals surface area contributed by atoms with Crippen molar-refractivity contribution in [3.63, 3.8) is 0 Å². The van der Waals surface area contributed by atoms with Crippen LogP contribution in [0.25, 0.3) is 0 Å². The second-order valence-electron chi connectivity index (χ2n) is 7.25. The molecular weight excluding hydrogens is 347 g/mol. The lowest BCUT2D eigenvalue weighted by Crippen LogP contribution is -2.42. The van der Waals surface area contributed by atoms with E-state index in [0.717, 1.165) is 12.5 Å². The first-order chi connectivity index (χ1) is 12.1. The van der Waals surface area contributed by atoms with Gasteiger partial charge in [-0.05, 0) is 43.4 Å². The van der Waals surface area contributed by atoms with Gasteiger partial charge in [-0.15, -0.1) is 0 Å². The number of rotatable bonds is 3. The van der Waals surface area contributed by atoms with Gasteiger partial charge in [0.05, 0.1) is 6.54 Å². The Morgan fingerprint density at radius 3 is 2.50 bits per heavy atom. The molecular formula is C18H22F3N3O2. The van der Waals surface area contributed by atoms with Crippen LogP contribution in [0.5, 0.6) is 0 Å². The summed E-state index contributed by atoms with van der Waals surface area (Å²) in [6.45, 7) is 7.19. The SMILES string of the molecule is Cc1cc(C(F)(F)F)nn1Cc1ccc(C(=O)N2C[C@H](C)C[C@H](C)C2)o1. The zero-order chi connectivity index (χ0) is 19.1. The number of carbonyl (C=O) groups is 1. The van der Waals surface area contributed by atoms with Gasteiger partial charge in [-0.25, -0.2) is 0 Å². The molecule has 0 aromatic carbocycles. The van der Waals surface area contributed by atoms with Crippen LogP contribution in [-0.4, -0.2) is 33.7 Å². The molecule has 8 heteroatoms. The highest BCUT2D eigenvalue weighted by molar-refractivity contribution is 5.91. The summed E-state index contributed by atoms with van der Waals surface area (Å²) in [6, 6.07) is 4.18. The van der Waals surface area contributed by atoms with Crippen LogP contribution in [0.4, 0.5) is 13.2 Å². The Morgan fingerprint density at radius 2 is 1.92 bits per heavy atom. The summed E-state index contributed by atoms with van der Waals surface area (Å²) >= 11 is 0. The van der Waals surface area contributed by atoms with Gasteiger partial charge in [-0.2, -0.15) is 18.3 Å². The maximum atomic E-state index is 12.7. The Labute approximate surface area is 149 Å². The van der Waals surface area contributed by atoms with Crippen molar-refractivity contribution in [3.05, 3.63) is 41.1 Å². The molecule has 3 heterocycles. The van der Waals surface area contributed by atoms with Crippen LogP contribution in [0.2, 0.25) is 0 Å². The van der Waals surface area contributed by atoms with E-state index in [0.29, 0.717) is 36.4 Å². The van der Waals surface area contributed by atoms with Crippen LogP contribution in [0.1, 0.15) is 48.0 Å². The topological polar surface area (TPSA) is 51.3 Å². The molecule has 5 nitrogen and oxygen atoms in total. The number of amides is 1. The standard InChI is InChI=1S/C18H22F3N3O2/c1-11-6-12(2)9-23(8-11)17(25)15-5-4-14(26-15)10-24-13(3)7-16(22-24)18(19,20)21/h4-5,7,11-12H,6,8-10H2,1-3H3/t11-,12+. The molecule has 142 valence electrons. The van der Waals surface area contributed by atoms with E-state index in [1.165, 1.54) is 4.68 Å². The molecule has 0 radical (unpaired) electrons. The van der Waals surface area contributed by atoms with Crippen molar-refractivity contribution >= 4 is 5.91 Å². The third kappa shape index (κ3) is 3.94. The molecule has 1 fully saturated rings. The summed E-state index contributed by atoms with van der Waals surface area (Å²) in [6.07, 6.45) is -3.39. The quantitative estimate of drug-likeness (QED) is 0.823. The molecule has 2 aromatic rings. The molecule has 0 unspecified atom stereocenters. The van der Waals surface area contributed by atoms with Crippen LogP contribution >= 0.6 is 0 Å². The smallest absolute Gasteiger partial charge is 0.435 e. The number of alkyl halides is 3. The minimum atomic E-state index is -4.48. The number of aromatic nitrogens is 2. The lowest BCUT2D eigenvalue weighted by Gasteiger charge is -2.34. The number of hydrogen-bond donors (Lipinski definition) is 0. The predicted octanol–water partition coefficient (Wildman–Crippen LogP) is 3.97. The molecule has 1 aliphatic rings. The number of hydrogen-bond acceptors (Lipinski definition) is 3. The minimum Gasteiger partial charge on any atom is -0.454 e. The Balaban J connectivity index is 1.72. The van der Waals surface area contributed by atoms with Gasteiger partial charge in [0.2, 0.25) is 0 Å². The maximum Gasteiger partial charge on any atom is 0.435 e. The molecule has 26 heavy (non-hydrogen) atoms. The first-order valence-electron chi connectivity index (χ1n) is 8.63. The summed E-state index contributed by atoms with van der Waals surface area (Å²) in [4.78, 5) is 14.4. The van der Waals surface area contributed by atoms with E-state index in [1.54, 1.807) is 24.0 Å². The molecule has 2 aromatic heterocycles. The highest BCUT2D eigenvalue weighted by atomic mass is 19.4. The van der Waals surface area contributed by atoms with Gasteiger partial charge < -0.3 is 9.32 Å². The van der Waals surface area contributed by atoms with Crippen molar-refractivity contribution in [1.82, 2.24) is 14.7 Å². The van der Waals surface area contributed by atoms with Crippen molar-refractivity contribution in [2.75, 3.05) is 13.1 Å². The first-order valence-corrected chi connectivity index (χ1v) is 8.63. The molecule has 3 rings (SSSR count). The van der Waals surface area contributed by atoms with E-state index in [9.17, 15) is 18.0 Å². The average molecular weight is 369 g/mol. The second kappa shape index (κ2) is 6.81. The molecule has 0 aliphatic carbocycles. The fraction of sp³-hybridized carbons (Fsp3) is 0.556. The van der Waals surface area contributed by atoms with Crippen LogP contribution in [0, 0.1) is 18.8 Å². The van der Waals surface area contributed by atoms with Crippen LogP contribution in [0.3, 0.4) is 0 Å². The van der Waals surface area contributed by atoms with E-state index < -0.39 is 11.9 Å². The van der Waals surface area contributed by atoms with E-state index >= 15 is 0 Å². The van der Waals surface area contributed by atoms with Gasteiger partial charge in [0.1, 0.15) is 5.76 Å². The summed E-state index contributed by atoms with van der Waals surface area (Å²) in [7, 11) is 0. The zero-order valence-corrected chi connectivity index (χ0v) is 15.0. The number of halogens is 3. The maximum absolute atomic E-state index is 12.7. The lowest BCUT2D eigenvalue weighted by molar-refractivity contribution is -0.141. The van der Waals surface area contributed by atoms with Gasteiger partial charge in [0.25, 0.3) is 5.91 Å². The van der Waals surface area contributed by atoms with Crippen molar-refractivity contribution in [3.8, 4) is 0 Å². The summed E-state index contributed by atoms with van der Waals surface area (Å²) < 4.78 is 45.1. The van der Waals surface area contributed by atoms with Crippen LogP contribution < -0.4 is 0 Å². The number of nitrogens with zero attached hydrogens (tertiary/aromatic N) is 3.